The SMILES string of the molecule is C/C(=N\NC(=O)[C@H](C)Sc1nc2ccccc2s1)c1ccc(O)cc1. The number of hydrazone groups is 1. The van der Waals surface area contributed by atoms with Crippen molar-refractivity contribution < 1.29 is 9.90 Å². The number of benzene rings is 2. The van der Waals surface area contributed by atoms with E-state index in [-0.39, 0.29) is 16.9 Å². The number of aromatic nitrogens is 1. The molecule has 5 nitrogen and oxygen atoms in total. The number of phenols is 1. The van der Waals surface area contributed by atoms with Crippen molar-refractivity contribution in [3.05, 3.63) is 54.1 Å². The second-order valence-electron chi connectivity index (χ2n) is 5.43. The molecular weight excluding hydrogens is 354 g/mol. The van der Waals surface area contributed by atoms with E-state index in [1.165, 1.54) is 11.8 Å². The number of thioether (sulfide) groups is 1. The molecule has 7 heteroatoms. The van der Waals surface area contributed by atoms with Crippen molar-refractivity contribution in [3.63, 3.8) is 0 Å². The molecule has 0 spiro atoms. The third-order valence-corrected chi connectivity index (χ3v) is 5.77. The molecule has 0 fully saturated rings. The maximum Gasteiger partial charge on any atom is 0.253 e. The number of thiazole rings is 1. The number of fused-ring (bicyclic) bond motifs is 1. The molecule has 0 aliphatic carbocycles. The summed E-state index contributed by atoms with van der Waals surface area (Å²) in [6, 6.07) is 14.6. The predicted molar refractivity (Wildman–Crippen MR) is 103 cm³/mol. The zero-order chi connectivity index (χ0) is 17.8. The lowest BCUT2D eigenvalue weighted by Crippen LogP contribution is -2.27. The van der Waals surface area contributed by atoms with E-state index in [1.54, 1.807) is 42.5 Å². The third kappa shape index (κ3) is 4.37. The summed E-state index contributed by atoms with van der Waals surface area (Å²) < 4.78 is 1.97. The fraction of sp³-hybridized carbons (Fsp3) is 0.167. The molecular formula is C18H17N3O2S2. The standard InChI is InChI=1S/C18H17N3O2S2/c1-11(13-7-9-14(22)10-8-13)20-21-17(23)12(2)24-18-19-15-5-3-4-6-16(15)25-18/h3-10,12,22H,1-2H3,(H,21,23)/b20-11+/t12-/m0/s1. The normalized spacial score (nSPS) is 13.0. The lowest BCUT2D eigenvalue weighted by molar-refractivity contribution is -0.120. The van der Waals surface area contributed by atoms with E-state index in [0.29, 0.717) is 5.71 Å². The molecule has 0 saturated carbocycles. The van der Waals surface area contributed by atoms with Gasteiger partial charge in [0.25, 0.3) is 5.91 Å². The topological polar surface area (TPSA) is 74.6 Å². The highest BCUT2D eigenvalue weighted by molar-refractivity contribution is 8.02. The fourth-order valence-electron chi connectivity index (χ4n) is 2.10. The predicted octanol–water partition coefficient (Wildman–Crippen LogP) is 4.02. The summed E-state index contributed by atoms with van der Waals surface area (Å²) in [6.07, 6.45) is 0. The van der Waals surface area contributed by atoms with Crippen LogP contribution >= 0.6 is 23.1 Å². The number of amides is 1. The molecule has 128 valence electrons. The lowest BCUT2D eigenvalue weighted by atomic mass is 10.1. The van der Waals surface area contributed by atoms with Crippen molar-refractivity contribution in [1.29, 1.82) is 0 Å². The number of hydrogen-bond donors (Lipinski definition) is 2. The number of phenolic OH excluding ortho intramolecular Hbond substituents is 1. The highest BCUT2D eigenvalue weighted by Crippen LogP contribution is 2.31. The Morgan fingerprint density at radius 1 is 1.24 bits per heavy atom. The molecule has 3 aromatic rings. The van der Waals surface area contributed by atoms with E-state index in [0.717, 1.165) is 20.1 Å². The first-order valence-corrected chi connectivity index (χ1v) is 9.38. The van der Waals surface area contributed by atoms with Gasteiger partial charge in [0.2, 0.25) is 0 Å². The van der Waals surface area contributed by atoms with Gasteiger partial charge < -0.3 is 5.11 Å². The Balaban J connectivity index is 1.62. The summed E-state index contributed by atoms with van der Waals surface area (Å²) in [5.41, 5.74) is 5.05. The first kappa shape index (κ1) is 17.4. The van der Waals surface area contributed by atoms with Crippen LogP contribution in [0.2, 0.25) is 0 Å². The van der Waals surface area contributed by atoms with Gasteiger partial charge in [-0.25, -0.2) is 10.4 Å². The summed E-state index contributed by atoms with van der Waals surface area (Å²) >= 11 is 3.00. The molecule has 1 amide bonds. The largest absolute Gasteiger partial charge is 0.508 e. The number of para-hydroxylation sites is 1. The number of nitrogens with zero attached hydrogens (tertiary/aromatic N) is 2. The second-order valence-corrected chi connectivity index (χ2v) is 8.05. The minimum Gasteiger partial charge on any atom is -0.508 e. The smallest absolute Gasteiger partial charge is 0.253 e. The van der Waals surface area contributed by atoms with Crippen LogP contribution in [0.1, 0.15) is 19.4 Å². The molecule has 2 aromatic carbocycles. The minimum absolute atomic E-state index is 0.178. The zero-order valence-corrected chi connectivity index (χ0v) is 15.4. The van der Waals surface area contributed by atoms with Crippen LogP contribution in [0.4, 0.5) is 0 Å². The average molecular weight is 371 g/mol. The van der Waals surface area contributed by atoms with Gasteiger partial charge in [-0.3, -0.25) is 4.79 Å². The molecule has 1 aromatic heterocycles. The van der Waals surface area contributed by atoms with Crippen molar-refractivity contribution in [2.24, 2.45) is 5.10 Å². The molecule has 0 saturated heterocycles. The molecule has 25 heavy (non-hydrogen) atoms. The summed E-state index contributed by atoms with van der Waals surface area (Å²) in [7, 11) is 0. The number of carbonyl (C=O) groups excluding carboxylic acids is 1. The van der Waals surface area contributed by atoms with Crippen molar-refractivity contribution >= 4 is 44.9 Å². The Labute approximate surface area is 153 Å². The number of carbonyl (C=O) groups is 1. The van der Waals surface area contributed by atoms with Gasteiger partial charge in [0, 0.05) is 0 Å². The number of hydrogen-bond acceptors (Lipinski definition) is 6. The molecule has 3 rings (SSSR count). The van der Waals surface area contributed by atoms with Crippen LogP contribution in [0, 0.1) is 0 Å². The lowest BCUT2D eigenvalue weighted by Gasteiger charge is -2.08. The van der Waals surface area contributed by atoms with Crippen LogP contribution in [0.3, 0.4) is 0 Å². The Morgan fingerprint density at radius 2 is 1.96 bits per heavy atom. The van der Waals surface area contributed by atoms with Gasteiger partial charge in [0.1, 0.15) is 5.75 Å². The number of aromatic hydroxyl groups is 1. The zero-order valence-electron chi connectivity index (χ0n) is 13.8. The maximum absolute atomic E-state index is 12.3. The van der Waals surface area contributed by atoms with Crippen LogP contribution in [0.15, 0.2) is 58.0 Å². The second kappa shape index (κ2) is 7.67. The van der Waals surface area contributed by atoms with E-state index in [4.69, 9.17) is 0 Å². The summed E-state index contributed by atoms with van der Waals surface area (Å²) in [4.78, 5) is 16.8. The van der Waals surface area contributed by atoms with Gasteiger partial charge in [-0.05, 0) is 55.8 Å². The average Bonchev–Trinajstić information content (AvgIpc) is 3.02. The van der Waals surface area contributed by atoms with Crippen LogP contribution in [-0.4, -0.2) is 27.0 Å². The quantitative estimate of drug-likeness (QED) is 0.403. The molecule has 2 N–H and O–H groups in total. The summed E-state index contributed by atoms with van der Waals surface area (Å²) in [5.74, 6) is 0.0174. The van der Waals surface area contributed by atoms with Gasteiger partial charge in [-0.2, -0.15) is 5.10 Å². The van der Waals surface area contributed by atoms with Gasteiger partial charge in [0.15, 0.2) is 4.34 Å². The number of nitrogens with one attached hydrogen (secondary N) is 1. The molecule has 0 bridgehead atoms. The minimum atomic E-state index is -0.308. The van der Waals surface area contributed by atoms with Crippen LogP contribution in [0.25, 0.3) is 10.2 Å². The van der Waals surface area contributed by atoms with Crippen molar-refractivity contribution in [2.75, 3.05) is 0 Å². The first-order chi connectivity index (χ1) is 12.0. The van der Waals surface area contributed by atoms with Crippen molar-refractivity contribution in [1.82, 2.24) is 10.4 Å². The van der Waals surface area contributed by atoms with Crippen molar-refractivity contribution in [3.8, 4) is 5.75 Å². The monoisotopic (exact) mass is 371 g/mol. The summed E-state index contributed by atoms with van der Waals surface area (Å²) in [5, 5.41) is 13.1. The van der Waals surface area contributed by atoms with Gasteiger partial charge in [0.05, 0.1) is 21.2 Å². The Bertz CT molecular complexity index is 886. The van der Waals surface area contributed by atoms with E-state index in [9.17, 15) is 9.90 Å². The molecule has 0 radical (unpaired) electrons. The van der Waals surface area contributed by atoms with Crippen LogP contribution in [0.5, 0.6) is 5.75 Å². The molecule has 0 aliphatic rings. The van der Waals surface area contributed by atoms with E-state index >= 15 is 0 Å². The fourth-order valence-corrected chi connectivity index (χ4v) is 4.31. The van der Waals surface area contributed by atoms with E-state index < -0.39 is 0 Å². The Hall–Kier alpha value is -2.38. The Kier molecular flexibility index (Phi) is 5.35. The summed E-state index contributed by atoms with van der Waals surface area (Å²) in [6.45, 7) is 3.63. The van der Waals surface area contributed by atoms with E-state index in [2.05, 4.69) is 15.5 Å². The highest BCUT2D eigenvalue weighted by atomic mass is 32.2. The van der Waals surface area contributed by atoms with Gasteiger partial charge in [-0.1, -0.05) is 23.9 Å². The number of rotatable bonds is 5. The Morgan fingerprint density at radius 3 is 2.68 bits per heavy atom. The molecule has 1 heterocycles. The molecule has 0 unspecified atom stereocenters. The van der Waals surface area contributed by atoms with Crippen LogP contribution in [-0.2, 0) is 4.79 Å². The van der Waals surface area contributed by atoms with Gasteiger partial charge >= 0.3 is 0 Å². The van der Waals surface area contributed by atoms with E-state index in [1.807, 2.05) is 31.2 Å². The van der Waals surface area contributed by atoms with Gasteiger partial charge in [-0.15, -0.1) is 11.3 Å². The maximum atomic E-state index is 12.3. The molecule has 0 aliphatic heterocycles. The van der Waals surface area contributed by atoms with Crippen LogP contribution < -0.4 is 5.43 Å². The third-order valence-electron chi connectivity index (χ3n) is 3.54. The highest BCUT2D eigenvalue weighted by Gasteiger charge is 2.16. The van der Waals surface area contributed by atoms with Crippen molar-refractivity contribution in [2.45, 2.75) is 23.4 Å². The first-order valence-electron chi connectivity index (χ1n) is 7.68. The molecule has 1 atom stereocenters.